The maximum atomic E-state index is 10.5. The van der Waals surface area contributed by atoms with Gasteiger partial charge in [0.2, 0.25) is 5.79 Å². The Hall–Kier alpha value is -1.00. The number of rotatable bonds is 11. The molecule has 0 aliphatic carbocycles. The van der Waals surface area contributed by atoms with Crippen molar-refractivity contribution in [3.8, 4) is 0 Å². The Bertz CT molecular complexity index is 935. The number of hydrogen-bond donors (Lipinski definition) is 14. The van der Waals surface area contributed by atoms with E-state index in [0.29, 0.717) is 0 Å². The van der Waals surface area contributed by atoms with E-state index in [-0.39, 0.29) is 21.9 Å². The van der Waals surface area contributed by atoms with E-state index in [9.17, 15) is 71.5 Å². The molecule has 22 N–H and O–H groups in total. The number of aliphatic hydroxyl groups excluding tert-OH is 14. The lowest BCUT2D eigenvalue weighted by atomic mass is 9.98. The van der Waals surface area contributed by atoms with Crippen LogP contribution in [0.1, 0.15) is 0 Å². The van der Waals surface area contributed by atoms with Crippen LogP contribution >= 0.6 is 0 Å². The molecule has 0 radical (unpaired) electrons. The van der Waals surface area contributed by atoms with Crippen LogP contribution in [0.2, 0.25) is 0 Å². The average Bonchev–Trinajstić information content (AvgIpc) is 3.28. The Morgan fingerprint density at radius 1 is 0.429 bits per heavy atom. The van der Waals surface area contributed by atoms with Gasteiger partial charge in [0.25, 0.3) is 0 Å². The second-order valence-electron chi connectivity index (χ2n) is 11.3. The molecule has 18 unspecified atom stereocenters. The minimum absolute atomic E-state index is 0. The molecule has 25 heteroatoms. The molecular weight excluding hydrogens is 688 g/mol. The van der Waals surface area contributed by atoms with Crippen molar-refractivity contribution < 1.29 is 127 Å². The highest BCUT2D eigenvalue weighted by atomic mass is 16.8. The van der Waals surface area contributed by atoms with E-state index in [1.54, 1.807) is 0 Å². The second-order valence-corrected chi connectivity index (χ2v) is 11.3. The highest BCUT2D eigenvalue weighted by molar-refractivity contribution is 4.99. The Morgan fingerprint density at radius 3 is 1.18 bits per heavy atom. The van der Waals surface area contributed by atoms with Gasteiger partial charge in [0.05, 0.1) is 26.4 Å². The van der Waals surface area contributed by atoms with Crippen molar-refractivity contribution in [2.75, 3.05) is 33.0 Å². The molecule has 4 aliphatic heterocycles. The molecule has 25 nitrogen and oxygen atoms in total. The van der Waals surface area contributed by atoms with Crippen molar-refractivity contribution in [1.29, 1.82) is 0 Å². The molecule has 4 rings (SSSR count). The number of hydrogen-bond acceptors (Lipinski definition) is 21. The van der Waals surface area contributed by atoms with Crippen molar-refractivity contribution >= 4 is 0 Å². The highest BCUT2D eigenvalue weighted by Gasteiger charge is 2.58. The zero-order valence-corrected chi connectivity index (χ0v) is 25.5. The van der Waals surface area contributed by atoms with Gasteiger partial charge in [-0.1, -0.05) is 0 Å². The van der Waals surface area contributed by atoms with Crippen molar-refractivity contribution in [3.05, 3.63) is 0 Å². The first kappa shape index (κ1) is 48.0. The minimum atomic E-state index is -2.43. The summed E-state index contributed by atoms with van der Waals surface area (Å²) >= 11 is 0. The largest absolute Gasteiger partial charge is 0.412 e. The topological polar surface area (TPSA) is 474 Å². The van der Waals surface area contributed by atoms with Crippen LogP contribution in [0.15, 0.2) is 0 Å². The summed E-state index contributed by atoms with van der Waals surface area (Å²) in [5.74, 6) is -2.43. The van der Waals surface area contributed by atoms with Gasteiger partial charge in [-0.15, -0.1) is 0 Å². The second kappa shape index (κ2) is 19.7. The van der Waals surface area contributed by atoms with Gasteiger partial charge < -0.3 is 127 Å². The van der Waals surface area contributed by atoms with Crippen molar-refractivity contribution in [3.63, 3.8) is 0 Å². The monoisotopic (exact) mass is 738 g/mol. The maximum Gasteiger partial charge on any atom is 0.224 e. The van der Waals surface area contributed by atoms with Crippen LogP contribution in [0.25, 0.3) is 0 Å². The van der Waals surface area contributed by atoms with Crippen LogP contribution in [0, 0.1) is 0 Å². The molecule has 0 saturated carbocycles. The predicted octanol–water partition coefficient (Wildman–Crippen LogP) is -13.0. The minimum Gasteiger partial charge on any atom is -0.412 e. The molecule has 4 fully saturated rings. The van der Waals surface area contributed by atoms with Gasteiger partial charge in [-0.05, 0) is 0 Å². The summed E-state index contributed by atoms with van der Waals surface area (Å²) in [5.41, 5.74) is 0. The highest BCUT2D eigenvalue weighted by Crippen LogP contribution is 2.36. The van der Waals surface area contributed by atoms with Crippen LogP contribution in [-0.4, -0.2) is 243 Å². The van der Waals surface area contributed by atoms with Gasteiger partial charge in [0.1, 0.15) is 98.2 Å². The van der Waals surface area contributed by atoms with Crippen LogP contribution < -0.4 is 0 Å². The number of aliphatic hydroxyl groups is 14. The van der Waals surface area contributed by atoms with Crippen molar-refractivity contribution in [2.24, 2.45) is 0 Å². The Labute approximate surface area is 276 Å². The molecular formula is C24H50O25. The summed E-state index contributed by atoms with van der Waals surface area (Å²) in [6, 6.07) is 0. The lowest BCUT2D eigenvalue weighted by Gasteiger charge is -2.45. The zero-order valence-electron chi connectivity index (χ0n) is 25.5. The molecule has 4 saturated heterocycles. The Balaban J connectivity index is 0.00000576. The van der Waals surface area contributed by atoms with Gasteiger partial charge >= 0.3 is 0 Å². The van der Waals surface area contributed by atoms with E-state index < -0.39 is 149 Å². The van der Waals surface area contributed by atoms with Crippen molar-refractivity contribution in [2.45, 2.75) is 116 Å². The summed E-state index contributed by atoms with van der Waals surface area (Å²) in [7, 11) is 0. The lowest BCUT2D eigenvalue weighted by molar-refractivity contribution is -0.388. The fourth-order valence-corrected chi connectivity index (χ4v) is 5.39. The van der Waals surface area contributed by atoms with Gasteiger partial charge in [-0.3, -0.25) is 0 Å². The SMILES string of the molecule is O.O.O.O.OCC1OC(OCC2OC(OCC3OC(O[C@]4(CO)OC(CO)C(O)C4O)C(O)C(O)C3O)C(O)C(O)C2O)C(O)C(O)C1O. The van der Waals surface area contributed by atoms with Crippen LogP contribution in [0.3, 0.4) is 0 Å². The first-order valence-electron chi connectivity index (χ1n) is 14.1. The molecule has 0 amide bonds. The van der Waals surface area contributed by atoms with E-state index in [1.165, 1.54) is 0 Å². The normalized spacial score (nSPS) is 48.4. The third-order valence-corrected chi connectivity index (χ3v) is 8.26. The smallest absolute Gasteiger partial charge is 0.224 e. The average molecular weight is 739 g/mol. The van der Waals surface area contributed by atoms with Gasteiger partial charge in [-0.25, -0.2) is 0 Å². The third-order valence-electron chi connectivity index (χ3n) is 8.26. The zero-order chi connectivity index (χ0) is 33.4. The molecule has 0 aromatic heterocycles. The van der Waals surface area contributed by atoms with E-state index in [4.69, 9.17) is 33.2 Å². The molecule has 49 heavy (non-hydrogen) atoms. The molecule has 19 atom stereocenters. The molecule has 4 aliphatic rings. The first-order valence-corrected chi connectivity index (χ1v) is 14.1. The lowest BCUT2D eigenvalue weighted by Crippen LogP contribution is -2.64. The molecule has 0 spiro atoms. The summed E-state index contributed by atoms with van der Waals surface area (Å²) in [6.07, 6.45) is -31.4. The summed E-state index contributed by atoms with van der Waals surface area (Å²) in [4.78, 5) is 0. The summed E-state index contributed by atoms with van der Waals surface area (Å²) < 4.78 is 37.6. The number of ether oxygens (including phenoxy) is 7. The third kappa shape index (κ3) is 9.52. The van der Waals surface area contributed by atoms with Gasteiger partial charge in [0, 0.05) is 0 Å². The van der Waals surface area contributed by atoms with Gasteiger partial charge in [0.15, 0.2) is 18.9 Å². The van der Waals surface area contributed by atoms with Crippen molar-refractivity contribution in [1.82, 2.24) is 0 Å². The predicted molar refractivity (Wildman–Crippen MR) is 148 cm³/mol. The Kier molecular flexibility index (Phi) is 19.3. The molecule has 0 aromatic carbocycles. The first-order chi connectivity index (χ1) is 21.2. The molecule has 0 bridgehead atoms. The maximum absolute atomic E-state index is 10.5. The van der Waals surface area contributed by atoms with E-state index in [1.807, 2.05) is 0 Å². The van der Waals surface area contributed by atoms with E-state index >= 15 is 0 Å². The quantitative estimate of drug-likeness (QED) is 0.0935. The standard InChI is InChI=1S/C24H42O21.4H2O/c25-1-6-10(28)14(32)17(35)21(41-6)39-3-8-11(29)15(33)18(36)22(42-8)40-4-9-12(30)16(34)19(37)23(43-9)45-24(5-27)20(38)13(31)7(2-26)44-24;;;;/h6-23,25-38H,1-5H2;4*1H2/t6?,7?,8?,9?,10?,11?,12?,13?,14?,15?,16?,17?,18?,19?,20?,21?,22?,23?,24-;;;;/m0..../s1. The van der Waals surface area contributed by atoms with E-state index in [0.717, 1.165) is 0 Å². The fraction of sp³-hybridized carbons (Fsp3) is 1.00. The Morgan fingerprint density at radius 2 is 0.796 bits per heavy atom. The molecule has 296 valence electrons. The molecule has 0 aromatic rings. The van der Waals surface area contributed by atoms with E-state index in [2.05, 4.69) is 0 Å². The molecule has 4 heterocycles. The van der Waals surface area contributed by atoms with Crippen LogP contribution in [0.5, 0.6) is 0 Å². The summed E-state index contributed by atoms with van der Waals surface area (Å²) in [6.45, 7) is -4.02. The van der Waals surface area contributed by atoms with Crippen LogP contribution in [0.4, 0.5) is 0 Å². The van der Waals surface area contributed by atoms with Gasteiger partial charge in [-0.2, -0.15) is 0 Å². The van der Waals surface area contributed by atoms with Crippen LogP contribution in [-0.2, 0) is 33.2 Å². The summed E-state index contributed by atoms with van der Waals surface area (Å²) in [5, 5.41) is 141. The fourth-order valence-electron chi connectivity index (χ4n) is 5.39.